The molecule has 0 aliphatic heterocycles. The fraction of sp³-hybridized carbons (Fsp3) is 0.600. The lowest BCUT2D eigenvalue weighted by atomic mass is 9.80. The van der Waals surface area contributed by atoms with Gasteiger partial charge in [0.25, 0.3) is 5.56 Å². The maximum Gasteiger partial charge on any atom is 0.280 e. The number of H-pyrrole nitrogens is 1. The maximum atomic E-state index is 11.3. The van der Waals surface area contributed by atoms with Crippen LogP contribution in [-0.4, -0.2) is 16.2 Å². The van der Waals surface area contributed by atoms with Crippen LogP contribution in [-0.2, 0) is 0 Å². The average molecular weight is 272 g/mol. The summed E-state index contributed by atoms with van der Waals surface area (Å²) in [6, 6.07) is 0.402. The third kappa shape index (κ3) is 2.22. The smallest absolute Gasteiger partial charge is 0.280 e. The Kier molecular flexibility index (Phi) is 3.09. The second kappa shape index (κ2) is 4.35. The SMILES string of the molecule is CC(Nc1cn[nH]c(=O)c1Br)C1CCC1. The number of hydrogen-bond donors (Lipinski definition) is 2. The molecule has 1 unspecified atom stereocenters. The van der Waals surface area contributed by atoms with Crippen LogP contribution in [0.3, 0.4) is 0 Å². The van der Waals surface area contributed by atoms with Crippen LogP contribution in [0.25, 0.3) is 0 Å². The quantitative estimate of drug-likeness (QED) is 0.886. The van der Waals surface area contributed by atoms with Gasteiger partial charge in [-0.05, 0) is 41.6 Å². The van der Waals surface area contributed by atoms with E-state index in [9.17, 15) is 4.79 Å². The normalized spacial score (nSPS) is 18.3. The summed E-state index contributed by atoms with van der Waals surface area (Å²) in [6.45, 7) is 2.15. The molecular weight excluding hydrogens is 258 g/mol. The summed E-state index contributed by atoms with van der Waals surface area (Å²) in [5.74, 6) is 0.733. The molecule has 1 aliphatic carbocycles. The zero-order valence-corrected chi connectivity index (χ0v) is 10.2. The lowest BCUT2D eigenvalue weighted by Crippen LogP contribution is -2.31. The minimum Gasteiger partial charge on any atom is -0.380 e. The first-order valence-electron chi connectivity index (χ1n) is 5.18. The first-order chi connectivity index (χ1) is 7.18. The van der Waals surface area contributed by atoms with Gasteiger partial charge in [-0.1, -0.05) is 6.42 Å². The first kappa shape index (κ1) is 10.7. The van der Waals surface area contributed by atoms with E-state index in [2.05, 4.69) is 38.4 Å². The molecule has 0 bridgehead atoms. The number of aromatic nitrogens is 2. The van der Waals surface area contributed by atoms with E-state index in [1.54, 1.807) is 6.20 Å². The van der Waals surface area contributed by atoms with E-state index >= 15 is 0 Å². The molecule has 4 nitrogen and oxygen atoms in total. The molecule has 2 N–H and O–H groups in total. The van der Waals surface area contributed by atoms with Crippen LogP contribution in [0.4, 0.5) is 5.69 Å². The molecule has 1 aliphatic rings. The van der Waals surface area contributed by atoms with Gasteiger partial charge in [-0.25, -0.2) is 5.10 Å². The Morgan fingerprint density at radius 3 is 3.00 bits per heavy atom. The average Bonchev–Trinajstić information content (AvgIpc) is 2.10. The molecule has 0 aromatic carbocycles. The third-order valence-electron chi connectivity index (χ3n) is 3.04. The van der Waals surface area contributed by atoms with Gasteiger partial charge in [0.15, 0.2) is 0 Å². The molecule has 1 fully saturated rings. The summed E-state index contributed by atoms with van der Waals surface area (Å²) in [6.07, 6.45) is 5.52. The summed E-state index contributed by atoms with van der Waals surface area (Å²) in [5, 5.41) is 9.47. The Hall–Kier alpha value is -0.840. The highest BCUT2D eigenvalue weighted by atomic mass is 79.9. The van der Waals surface area contributed by atoms with Crippen LogP contribution in [0.2, 0.25) is 0 Å². The Morgan fingerprint density at radius 2 is 2.40 bits per heavy atom. The Bertz CT molecular complexity index is 400. The van der Waals surface area contributed by atoms with E-state index in [4.69, 9.17) is 0 Å². The van der Waals surface area contributed by atoms with Crippen molar-refractivity contribution in [1.82, 2.24) is 10.2 Å². The van der Waals surface area contributed by atoms with Gasteiger partial charge in [0.1, 0.15) is 4.47 Å². The fourth-order valence-corrected chi connectivity index (χ4v) is 2.09. The van der Waals surface area contributed by atoms with Crippen molar-refractivity contribution >= 4 is 21.6 Å². The molecule has 1 atom stereocenters. The molecule has 5 heteroatoms. The molecule has 0 radical (unpaired) electrons. The fourth-order valence-electron chi connectivity index (χ4n) is 1.79. The van der Waals surface area contributed by atoms with E-state index in [0.29, 0.717) is 10.5 Å². The molecule has 2 rings (SSSR count). The monoisotopic (exact) mass is 271 g/mol. The zero-order chi connectivity index (χ0) is 10.8. The third-order valence-corrected chi connectivity index (χ3v) is 3.82. The van der Waals surface area contributed by atoms with Gasteiger partial charge >= 0.3 is 0 Å². The molecule has 0 spiro atoms. The lowest BCUT2D eigenvalue weighted by molar-refractivity contribution is 0.285. The standard InChI is InChI=1S/C10H14BrN3O/c1-6(7-3-2-4-7)13-8-5-12-14-10(15)9(8)11/h5-7H,2-4H2,1H3,(H2,13,14,15). The van der Waals surface area contributed by atoms with Crippen molar-refractivity contribution in [1.29, 1.82) is 0 Å². The lowest BCUT2D eigenvalue weighted by Gasteiger charge is -2.32. The number of hydrogen-bond acceptors (Lipinski definition) is 3. The van der Waals surface area contributed by atoms with Crippen LogP contribution in [0.15, 0.2) is 15.5 Å². The number of rotatable bonds is 3. The summed E-state index contributed by atoms with van der Waals surface area (Å²) in [5.41, 5.74) is 0.582. The first-order valence-corrected chi connectivity index (χ1v) is 5.97. The Balaban J connectivity index is 2.09. The minimum atomic E-state index is -0.194. The summed E-state index contributed by atoms with van der Waals surface area (Å²) in [7, 11) is 0. The number of anilines is 1. The maximum absolute atomic E-state index is 11.3. The summed E-state index contributed by atoms with van der Waals surface area (Å²) >= 11 is 3.25. The molecule has 15 heavy (non-hydrogen) atoms. The second-order valence-electron chi connectivity index (χ2n) is 4.05. The highest BCUT2D eigenvalue weighted by molar-refractivity contribution is 9.10. The van der Waals surface area contributed by atoms with Crippen LogP contribution >= 0.6 is 15.9 Å². The van der Waals surface area contributed by atoms with Crippen molar-refractivity contribution in [2.45, 2.75) is 32.2 Å². The molecule has 1 aromatic heterocycles. The van der Waals surface area contributed by atoms with Gasteiger partial charge in [0, 0.05) is 6.04 Å². The van der Waals surface area contributed by atoms with Crippen molar-refractivity contribution < 1.29 is 0 Å². The van der Waals surface area contributed by atoms with Crippen molar-refractivity contribution in [3.05, 3.63) is 21.0 Å². The predicted octanol–water partition coefficient (Wildman–Crippen LogP) is 2.13. The molecular formula is C10H14BrN3O. The van der Waals surface area contributed by atoms with Crippen molar-refractivity contribution in [3.63, 3.8) is 0 Å². The number of aromatic amines is 1. The zero-order valence-electron chi connectivity index (χ0n) is 8.59. The molecule has 1 aromatic rings. The van der Waals surface area contributed by atoms with Gasteiger partial charge in [0.2, 0.25) is 0 Å². The highest BCUT2D eigenvalue weighted by Gasteiger charge is 2.24. The van der Waals surface area contributed by atoms with Crippen molar-refractivity contribution in [2.75, 3.05) is 5.32 Å². The topological polar surface area (TPSA) is 57.8 Å². The van der Waals surface area contributed by atoms with Crippen LogP contribution < -0.4 is 10.9 Å². The molecule has 1 saturated carbocycles. The van der Waals surface area contributed by atoms with E-state index in [1.807, 2.05) is 0 Å². The van der Waals surface area contributed by atoms with E-state index in [1.165, 1.54) is 19.3 Å². The van der Waals surface area contributed by atoms with Crippen molar-refractivity contribution in [2.24, 2.45) is 5.92 Å². The van der Waals surface area contributed by atoms with Gasteiger partial charge in [-0.3, -0.25) is 4.79 Å². The van der Waals surface area contributed by atoms with Gasteiger partial charge in [0.05, 0.1) is 11.9 Å². The number of halogens is 1. The van der Waals surface area contributed by atoms with E-state index in [-0.39, 0.29) is 5.56 Å². The van der Waals surface area contributed by atoms with Crippen LogP contribution in [0.1, 0.15) is 26.2 Å². The van der Waals surface area contributed by atoms with Crippen molar-refractivity contribution in [3.8, 4) is 0 Å². The van der Waals surface area contributed by atoms with E-state index < -0.39 is 0 Å². The predicted molar refractivity (Wildman–Crippen MR) is 63.0 cm³/mol. The number of nitrogens with one attached hydrogen (secondary N) is 2. The van der Waals surface area contributed by atoms with Gasteiger partial charge < -0.3 is 5.32 Å². The molecule has 0 amide bonds. The molecule has 1 heterocycles. The molecule has 82 valence electrons. The minimum absolute atomic E-state index is 0.194. The van der Waals surface area contributed by atoms with Gasteiger partial charge in [-0.15, -0.1) is 0 Å². The Labute approximate surface area is 96.6 Å². The Morgan fingerprint density at radius 1 is 1.67 bits per heavy atom. The summed E-state index contributed by atoms with van der Waals surface area (Å²) < 4.78 is 0.531. The second-order valence-corrected chi connectivity index (χ2v) is 4.84. The largest absolute Gasteiger partial charge is 0.380 e. The van der Waals surface area contributed by atoms with E-state index in [0.717, 1.165) is 11.6 Å². The van der Waals surface area contributed by atoms with Crippen LogP contribution in [0.5, 0.6) is 0 Å². The van der Waals surface area contributed by atoms with Gasteiger partial charge in [-0.2, -0.15) is 5.10 Å². The number of nitrogens with zero attached hydrogens (tertiary/aromatic N) is 1. The highest BCUT2D eigenvalue weighted by Crippen LogP contribution is 2.31. The molecule has 0 saturated heterocycles. The van der Waals surface area contributed by atoms with Crippen LogP contribution in [0, 0.1) is 5.92 Å². The summed E-state index contributed by atoms with van der Waals surface area (Å²) in [4.78, 5) is 11.3.